The third-order valence-corrected chi connectivity index (χ3v) is 6.20. The molecule has 0 fully saturated rings. The van der Waals surface area contributed by atoms with Crippen LogP contribution in [0.5, 0.6) is 46.0 Å². The van der Waals surface area contributed by atoms with Crippen molar-refractivity contribution in [2.45, 2.75) is 6.92 Å². The first-order valence-electron chi connectivity index (χ1n) is 11.6. The van der Waals surface area contributed by atoms with Gasteiger partial charge < -0.3 is 55.2 Å². The van der Waals surface area contributed by atoms with Gasteiger partial charge in [-0.1, -0.05) is 0 Å². The summed E-state index contributed by atoms with van der Waals surface area (Å²) in [6.07, 6.45) is 0. The van der Waals surface area contributed by atoms with Crippen LogP contribution in [-0.4, -0.2) is 89.9 Å². The van der Waals surface area contributed by atoms with Crippen molar-refractivity contribution >= 4 is 17.8 Å². The largest absolute Gasteiger partial charge is 0.504 e. The first-order valence-corrected chi connectivity index (χ1v) is 11.6. The Labute approximate surface area is 224 Å². The number of rotatable bonds is 1. The van der Waals surface area contributed by atoms with E-state index in [9.17, 15) is 55.2 Å². The molecule has 0 radical (unpaired) electrons. The molecule has 1 aliphatic heterocycles. The Bertz CT molecular complexity index is 1460. The number of phenols is 8. The molecule has 0 aliphatic carbocycles. The predicted octanol–water partition coefficient (Wildman–Crippen LogP) is 1.78. The first kappa shape index (κ1) is 27.5. The molecule has 14 nitrogen and oxygen atoms in total. The highest BCUT2D eigenvalue weighted by Gasteiger charge is 2.32. The number of esters is 2. The zero-order valence-electron chi connectivity index (χ0n) is 20.7. The second-order valence-corrected chi connectivity index (χ2v) is 8.76. The van der Waals surface area contributed by atoms with Crippen LogP contribution in [0.25, 0.3) is 11.1 Å². The van der Waals surface area contributed by atoms with Gasteiger partial charge in [0.1, 0.15) is 13.2 Å². The second-order valence-electron chi connectivity index (χ2n) is 8.76. The van der Waals surface area contributed by atoms with Crippen molar-refractivity contribution in [2.24, 2.45) is 0 Å². The van der Waals surface area contributed by atoms with Gasteiger partial charge >= 0.3 is 11.9 Å². The average Bonchev–Trinajstić information content (AvgIpc) is 2.92. The number of aryl methyl sites for hydroxylation is 1. The number of fused-ring (bicyclic) bond motifs is 3. The highest BCUT2D eigenvalue weighted by Crippen LogP contribution is 2.52. The third-order valence-electron chi connectivity index (χ3n) is 6.20. The summed E-state index contributed by atoms with van der Waals surface area (Å²) >= 11 is 0. The summed E-state index contributed by atoms with van der Waals surface area (Å²) in [4.78, 5) is 40.4. The van der Waals surface area contributed by atoms with Crippen LogP contribution in [0.3, 0.4) is 0 Å². The topological polar surface area (TPSA) is 235 Å². The molecule has 210 valence electrons. The van der Waals surface area contributed by atoms with Gasteiger partial charge in [-0.25, -0.2) is 9.59 Å². The monoisotopic (exact) mass is 557 g/mol. The Morgan fingerprint density at radius 2 is 1.07 bits per heavy atom. The van der Waals surface area contributed by atoms with Gasteiger partial charge in [-0.2, -0.15) is 0 Å². The number of aromatic hydroxyl groups is 8. The van der Waals surface area contributed by atoms with Crippen molar-refractivity contribution in [3.8, 4) is 57.1 Å². The van der Waals surface area contributed by atoms with Gasteiger partial charge in [0.25, 0.3) is 5.91 Å². The molecule has 0 aromatic heterocycles. The minimum atomic E-state index is -1.24. The van der Waals surface area contributed by atoms with Gasteiger partial charge in [0.15, 0.2) is 34.5 Å². The average molecular weight is 557 g/mol. The molecular weight excluding hydrogens is 534 g/mol. The molecule has 1 heterocycles. The lowest BCUT2D eigenvalue weighted by Gasteiger charge is -2.23. The van der Waals surface area contributed by atoms with E-state index in [4.69, 9.17) is 9.47 Å². The standard InChI is InChI=1S/C26H23NO13/c1-10-6-11(7-14(28)19(10)31)24(36)27-2-4-39-25(37)12-8-15(29)20(32)22(34)17(12)18-13(26(38)40-5-3-27)9-16(30)21(33)23(18)35/h6-9,28-35H,2-5H2,1H3. The van der Waals surface area contributed by atoms with Crippen LogP contribution < -0.4 is 0 Å². The van der Waals surface area contributed by atoms with E-state index in [-0.39, 0.29) is 24.2 Å². The summed E-state index contributed by atoms with van der Waals surface area (Å²) in [5.41, 5.74) is -2.64. The number of phenolic OH excluding ortho intramolecular Hbond substituents is 8. The Morgan fingerprint density at radius 3 is 1.50 bits per heavy atom. The lowest BCUT2D eigenvalue weighted by atomic mass is 9.92. The number of hydrogen-bond donors (Lipinski definition) is 8. The maximum absolute atomic E-state index is 13.2. The molecule has 1 aliphatic rings. The van der Waals surface area contributed by atoms with Crippen LogP contribution in [0.4, 0.5) is 0 Å². The number of cyclic esters (lactones) is 2. The molecule has 0 unspecified atom stereocenters. The fraction of sp³-hybridized carbons (Fsp3) is 0.192. The fourth-order valence-corrected chi connectivity index (χ4v) is 4.15. The van der Waals surface area contributed by atoms with Crippen molar-refractivity contribution in [1.29, 1.82) is 0 Å². The number of carbonyl (C=O) groups is 3. The summed E-state index contributed by atoms with van der Waals surface area (Å²) in [7, 11) is 0. The Hall–Kier alpha value is -5.53. The number of carbonyl (C=O) groups excluding carboxylic acids is 3. The van der Waals surface area contributed by atoms with Gasteiger partial charge in [-0.15, -0.1) is 0 Å². The van der Waals surface area contributed by atoms with Crippen LogP contribution in [0.2, 0.25) is 0 Å². The summed E-state index contributed by atoms with van der Waals surface area (Å²) in [5, 5.41) is 81.2. The zero-order valence-corrected chi connectivity index (χ0v) is 20.7. The zero-order chi connectivity index (χ0) is 29.5. The molecule has 0 saturated heterocycles. The number of nitrogens with zero attached hydrogens (tertiary/aromatic N) is 1. The lowest BCUT2D eigenvalue weighted by Crippen LogP contribution is -2.37. The second kappa shape index (κ2) is 10.3. The molecule has 40 heavy (non-hydrogen) atoms. The molecule has 0 atom stereocenters. The number of amides is 1. The van der Waals surface area contributed by atoms with E-state index in [0.29, 0.717) is 12.1 Å². The molecule has 0 saturated carbocycles. The van der Waals surface area contributed by atoms with Gasteiger partial charge in [0, 0.05) is 16.7 Å². The van der Waals surface area contributed by atoms with Crippen molar-refractivity contribution in [1.82, 2.24) is 4.90 Å². The van der Waals surface area contributed by atoms with Gasteiger partial charge in [-0.3, -0.25) is 4.79 Å². The molecule has 4 rings (SSSR count). The van der Waals surface area contributed by atoms with Gasteiger partial charge in [-0.05, 0) is 36.8 Å². The van der Waals surface area contributed by atoms with E-state index in [1.807, 2.05) is 0 Å². The van der Waals surface area contributed by atoms with Crippen molar-refractivity contribution in [3.63, 3.8) is 0 Å². The van der Waals surface area contributed by atoms with Crippen LogP contribution in [0.15, 0.2) is 24.3 Å². The van der Waals surface area contributed by atoms with E-state index in [1.54, 1.807) is 0 Å². The quantitative estimate of drug-likeness (QED) is 0.158. The number of ether oxygens (including phenoxy) is 2. The molecule has 0 bridgehead atoms. The third kappa shape index (κ3) is 4.73. The molecule has 8 N–H and O–H groups in total. The summed E-state index contributed by atoms with van der Waals surface area (Å²) in [6.45, 7) is -0.0244. The van der Waals surface area contributed by atoms with E-state index in [1.165, 1.54) is 13.0 Å². The first-order chi connectivity index (χ1) is 18.8. The van der Waals surface area contributed by atoms with Crippen LogP contribution in [-0.2, 0) is 9.47 Å². The molecular formula is C26H23NO13. The number of benzene rings is 3. The van der Waals surface area contributed by atoms with Crippen molar-refractivity contribution < 1.29 is 64.7 Å². The normalized spacial score (nSPS) is 14.1. The Balaban J connectivity index is 1.83. The minimum Gasteiger partial charge on any atom is -0.504 e. The lowest BCUT2D eigenvalue weighted by molar-refractivity contribution is 0.0364. The highest BCUT2D eigenvalue weighted by molar-refractivity contribution is 6.08. The van der Waals surface area contributed by atoms with Gasteiger partial charge in [0.05, 0.1) is 24.2 Å². The molecule has 14 heteroatoms. The smallest absolute Gasteiger partial charge is 0.339 e. The fourth-order valence-electron chi connectivity index (χ4n) is 4.15. The van der Waals surface area contributed by atoms with Crippen LogP contribution >= 0.6 is 0 Å². The maximum atomic E-state index is 13.2. The van der Waals surface area contributed by atoms with Crippen molar-refractivity contribution in [2.75, 3.05) is 26.3 Å². The molecule has 1 amide bonds. The SMILES string of the molecule is Cc1cc(C(=O)N2CCOC(=O)c3cc(O)c(O)c(O)c3-c3c(cc(O)c(O)c3O)C(=O)OCC2)cc(O)c1O. The predicted molar refractivity (Wildman–Crippen MR) is 133 cm³/mol. The van der Waals surface area contributed by atoms with E-state index in [2.05, 4.69) is 0 Å². The Morgan fingerprint density at radius 1 is 0.650 bits per heavy atom. The van der Waals surface area contributed by atoms with Crippen molar-refractivity contribution in [3.05, 3.63) is 46.5 Å². The minimum absolute atomic E-state index is 0.0406. The van der Waals surface area contributed by atoms with Gasteiger partial charge in [0.2, 0.25) is 11.5 Å². The highest BCUT2D eigenvalue weighted by atomic mass is 16.5. The summed E-state index contributed by atoms with van der Waals surface area (Å²) in [6, 6.07) is 3.68. The number of hydrogen-bond acceptors (Lipinski definition) is 13. The van der Waals surface area contributed by atoms with E-state index < -0.39 is 99.3 Å². The summed E-state index contributed by atoms with van der Waals surface area (Å²) < 4.78 is 10.4. The van der Waals surface area contributed by atoms with E-state index >= 15 is 0 Å². The molecule has 3 aromatic rings. The Kier molecular flexibility index (Phi) is 7.10. The van der Waals surface area contributed by atoms with Crippen LogP contribution in [0.1, 0.15) is 36.6 Å². The maximum Gasteiger partial charge on any atom is 0.339 e. The summed E-state index contributed by atoms with van der Waals surface area (Å²) in [5.74, 6) is -10.7. The van der Waals surface area contributed by atoms with E-state index in [0.717, 1.165) is 11.0 Å². The van der Waals surface area contributed by atoms with Crippen LogP contribution in [0, 0.1) is 6.92 Å². The molecule has 3 aromatic carbocycles. The molecule has 0 spiro atoms.